The van der Waals surface area contributed by atoms with Crippen molar-refractivity contribution in [1.82, 2.24) is 9.47 Å². The van der Waals surface area contributed by atoms with Crippen LogP contribution < -0.4 is 4.74 Å². The molecule has 1 aliphatic heterocycles. The van der Waals surface area contributed by atoms with Gasteiger partial charge in [-0.3, -0.25) is 14.5 Å². The molecule has 0 bridgehead atoms. The number of amidine groups is 1. The first-order chi connectivity index (χ1) is 14.9. The molecule has 1 N–H and O–H groups in total. The number of methoxy groups -OCH3 is 1. The van der Waals surface area contributed by atoms with Gasteiger partial charge in [-0.15, -0.1) is 0 Å². The number of amides is 1. The van der Waals surface area contributed by atoms with Crippen molar-refractivity contribution in [2.75, 3.05) is 14.2 Å². The van der Waals surface area contributed by atoms with Crippen LogP contribution in [0.2, 0.25) is 0 Å². The predicted octanol–water partition coefficient (Wildman–Crippen LogP) is 4.28. The van der Waals surface area contributed by atoms with Gasteiger partial charge in [-0.25, -0.2) is 4.99 Å². The van der Waals surface area contributed by atoms with E-state index in [1.165, 1.54) is 16.7 Å². The zero-order valence-electron chi connectivity index (χ0n) is 17.3. The maximum atomic E-state index is 12.9. The lowest BCUT2D eigenvalue weighted by molar-refractivity contribution is -0.137. The standard InChI is InChI=1S/C23H21N3O4S/c1-14-18(17-6-4-5-7-19(17)26(14)13-21(27)28)12-20-22(29)25(2)23(31-20)24-15-8-10-16(30-3)11-9-15/h4-12H,13H2,1-3H3,(H,27,28)/b20-12-,24-23?. The van der Waals surface area contributed by atoms with Gasteiger partial charge in [0.2, 0.25) is 0 Å². The molecule has 0 spiro atoms. The molecule has 31 heavy (non-hydrogen) atoms. The summed E-state index contributed by atoms with van der Waals surface area (Å²) in [5.41, 5.74) is 3.18. The smallest absolute Gasteiger partial charge is 0.323 e. The second kappa shape index (κ2) is 8.31. The average molecular weight is 436 g/mol. The van der Waals surface area contributed by atoms with Gasteiger partial charge in [-0.05, 0) is 55.1 Å². The number of likely N-dealkylation sites (N-methyl/N-ethyl adjacent to an activating group) is 1. The third kappa shape index (κ3) is 3.94. The van der Waals surface area contributed by atoms with Crippen LogP contribution in [0.4, 0.5) is 5.69 Å². The number of rotatable bonds is 5. The Kier molecular flexibility index (Phi) is 5.56. The number of carbonyl (C=O) groups excluding carboxylic acids is 1. The van der Waals surface area contributed by atoms with E-state index < -0.39 is 5.97 Å². The van der Waals surface area contributed by atoms with E-state index in [1.807, 2.05) is 61.5 Å². The summed E-state index contributed by atoms with van der Waals surface area (Å²) in [6, 6.07) is 14.9. The van der Waals surface area contributed by atoms with Gasteiger partial charge in [0.05, 0.1) is 17.7 Å². The van der Waals surface area contributed by atoms with E-state index in [9.17, 15) is 14.7 Å². The topological polar surface area (TPSA) is 84.1 Å². The molecule has 2 aromatic carbocycles. The van der Waals surface area contributed by atoms with Gasteiger partial charge in [-0.2, -0.15) is 0 Å². The van der Waals surface area contributed by atoms with Gasteiger partial charge in [-0.1, -0.05) is 18.2 Å². The summed E-state index contributed by atoms with van der Waals surface area (Å²) >= 11 is 1.30. The summed E-state index contributed by atoms with van der Waals surface area (Å²) < 4.78 is 6.92. The number of carbonyl (C=O) groups is 2. The molecule has 1 fully saturated rings. The van der Waals surface area contributed by atoms with E-state index in [2.05, 4.69) is 4.99 Å². The highest BCUT2D eigenvalue weighted by Crippen LogP contribution is 2.36. The Morgan fingerprint density at radius 2 is 1.90 bits per heavy atom. The van der Waals surface area contributed by atoms with Gasteiger partial charge in [0.15, 0.2) is 5.17 Å². The SMILES string of the molecule is COc1ccc(N=C2S/C(=C\c3c(C)n(CC(=O)O)c4ccccc34)C(=O)N2C)cc1. The third-order valence-electron chi connectivity index (χ3n) is 5.15. The van der Waals surface area contributed by atoms with E-state index in [-0.39, 0.29) is 12.5 Å². The predicted molar refractivity (Wildman–Crippen MR) is 123 cm³/mol. The van der Waals surface area contributed by atoms with Crippen molar-refractivity contribution in [2.45, 2.75) is 13.5 Å². The molecule has 8 heteroatoms. The normalized spacial score (nSPS) is 16.6. The number of aromatic nitrogens is 1. The Morgan fingerprint density at radius 3 is 2.58 bits per heavy atom. The number of carboxylic acid groups (broad SMARTS) is 1. The molecule has 0 atom stereocenters. The Morgan fingerprint density at radius 1 is 1.19 bits per heavy atom. The molecule has 1 amide bonds. The van der Waals surface area contributed by atoms with Crippen molar-refractivity contribution in [2.24, 2.45) is 4.99 Å². The van der Waals surface area contributed by atoms with E-state index in [4.69, 9.17) is 4.74 Å². The Balaban J connectivity index is 1.73. The molecule has 0 saturated carbocycles. The van der Waals surface area contributed by atoms with Crippen LogP contribution in [0.15, 0.2) is 58.4 Å². The second-order valence-electron chi connectivity index (χ2n) is 7.06. The Labute approximate surface area is 183 Å². The average Bonchev–Trinajstić information content (AvgIpc) is 3.18. The monoisotopic (exact) mass is 435 g/mol. The molecule has 0 unspecified atom stereocenters. The van der Waals surface area contributed by atoms with Crippen LogP contribution in [0.3, 0.4) is 0 Å². The lowest BCUT2D eigenvalue weighted by Gasteiger charge is -2.07. The molecule has 158 valence electrons. The molecule has 1 saturated heterocycles. The zero-order chi connectivity index (χ0) is 22.1. The van der Waals surface area contributed by atoms with E-state index in [0.717, 1.165) is 33.6 Å². The van der Waals surface area contributed by atoms with E-state index in [1.54, 1.807) is 18.7 Å². The minimum Gasteiger partial charge on any atom is -0.497 e. The van der Waals surface area contributed by atoms with Gasteiger partial charge in [0, 0.05) is 29.2 Å². The molecule has 3 aromatic rings. The number of aliphatic carboxylic acids is 1. The Hall–Kier alpha value is -3.52. The molecule has 7 nitrogen and oxygen atoms in total. The summed E-state index contributed by atoms with van der Waals surface area (Å²) in [6.07, 6.45) is 1.83. The van der Waals surface area contributed by atoms with E-state index >= 15 is 0 Å². The van der Waals surface area contributed by atoms with Crippen molar-refractivity contribution < 1.29 is 19.4 Å². The van der Waals surface area contributed by atoms with Crippen molar-refractivity contribution in [3.8, 4) is 5.75 Å². The number of fused-ring (bicyclic) bond motifs is 1. The van der Waals surface area contributed by atoms with Crippen molar-refractivity contribution in [3.05, 3.63) is 64.7 Å². The maximum Gasteiger partial charge on any atom is 0.323 e. The minimum atomic E-state index is -0.914. The van der Waals surface area contributed by atoms with Crippen LogP contribution in [0.25, 0.3) is 17.0 Å². The number of nitrogens with zero attached hydrogens (tertiary/aromatic N) is 3. The van der Waals surface area contributed by atoms with Crippen molar-refractivity contribution >= 4 is 51.5 Å². The molecule has 0 aliphatic carbocycles. The molecule has 1 aliphatic rings. The zero-order valence-corrected chi connectivity index (χ0v) is 18.1. The first-order valence-corrected chi connectivity index (χ1v) is 10.4. The highest BCUT2D eigenvalue weighted by Gasteiger charge is 2.31. The van der Waals surface area contributed by atoms with Gasteiger partial charge in [0.1, 0.15) is 12.3 Å². The summed E-state index contributed by atoms with van der Waals surface area (Å²) in [7, 11) is 3.30. The second-order valence-corrected chi connectivity index (χ2v) is 8.07. The van der Waals surface area contributed by atoms with Gasteiger partial charge < -0.3 is 14.4 Å². The largest absolute Gasteiger partial charge is 0.497 e. The van der Waals surface area contributed by atoms with E-state index in [0.29, 0.717) is 10.1 Å². The van der Waals surface area contributed by atoms with Crippen LogP contribution in [0.5, 0.6) is 5.75 Å². The molecule has 4 rings (SSSR count). The highest BCUT2D eigenvalue weighted by molar-refractivity contribution is 8.18. The quantitative estimate of drug-likeness (QED) is 0.605. The first-order valence-electron chi connectivity index (χ1n) is 9.59. The number of ether oxygens (including phenoxy) is 1. The lowest BCUT2D eigenvalue weighted by Crippen LogP contribution is -2.23. The fourth-order valence-electron chi connectivity index (χ4n) is 3.53. The summed E-state index contributed by atoms with van der Waals surface area (Å²) in [5.74, 6) is -0.323. The van der Waals surface area contributed by atoms with Gasteiger partial charge in [0.25, 0.3) is 5.91 Å². The third-order valence-corrected chi connectivity index (χ3v) is 6.21. The van der Waals surface area contributed by atoms with Crippen LogP contribution in [-0.4, -0.2) is 45.8 Å². The molecule has 2 heterocycles. The first kappa shape index (κ1) is 20.7. The molecule has 1 aromatic heterocycles. The molecular weight excluding hydrogens is 414 g/mol. The number of hydrogen-bond donors (Lipinski definition) is 1. The van der Waals surface area contributed by atoms with Crippen LogP contribution in [-0.2, 0) is 16.1 Å². The fourth-order valence-corrected chi connectivity index (χ4v) is 4.50. The summed E-state index contributed by atoms with van der Waals surface area (Å²) in [5, 5.41) is 10.8. The number of benzene rings is 2. The van der Waals surface area contributed by atoms with Crippen LogP contribution >= 0.6 is 11.8 Å². The Bertz CT molecular complexity index is 1240. The minimum absolute atomic E-state index is 0.138. The number of aliphatic imine (C=N–C) groups is 1. The molecule has 0 radical (unpaired) electrons. The maximum absolute atomic E-state index is 12.9. The fraction of sp³-hybridized carbons (Fsp3) is 0.174. The van der Waals surface area contributed by atoms with Crippen LogP contribution in [0.1, 0.15) is 11.3 Å². The number of carboxylic acids is 1. The summed E-state index contributed by atoms with van der Waals surface area (Å²) in [6.45, 7) is 1.73. The number of hydrogen-bond acceptors (Lipinski definition) is 5. The highest BCUT2D eigenvalue weighted by atomic mass is 32.2. The number of para-hydroxylation sites is 1. The van der Waals surface area contributed by atoms with Gasteiger partial charge >= 0.3 is 5.97 Å². The molecular formula is C23H21N3O4S. The van der Waals surface area contributed by atoms with Crippen LogP contribution in [0, 0.1) is 6.92 Å². The number of thioether (sulfide) groups is 1. The van der Waals surface area contributed by atoms with Crippen molar-refractivity contribution in [3.63, 3.8) is 0 Å². The van der Waals surface area contributed by atoms with Crippen molar-refractivity contribution in [1.29, 1.82) is 0 Å². The summed E-state index contributed by atoms with van der Waals surface area (Å²) in [4.78, 5) is 30.9. The lowest BCUT2D eigenvalue weighted by atomic mass is 10.1.